The SMILES string of the molecule is CC#CCOc1ccc2cc(C3(c4ccc(C(C)(c5ccc(C6(c7ccc8cc(OCC#CC)ccc8c7)c7cccnc7-c7ncccc76)cc5)c5ccc(C6(c7ccc8cc(OCC#CC)ccc8c7)c7cccnc7-c7ncccc76)cc5)cc4)c4cccnc4-c4ncccc43)ccc2c1. The Hall–Kier alpha value is -13.3. The summed E-state index contributed by atoms with van der Waals surface area (Å²) in [6.45, 7) is 8.83. The van der Waals surface area contributed by atoms with Gasteiger partial charge >= 0.3 is 0 Å². The second kappa shape index (κ2) is 25.4. The van der Waals surface area contributed by atoms with Crippen LogP contribution in [-0.2, 0) is 21.7 Å². The molecule has 3 aliphatic rings. The number of nitrogens with zero attached hydrogens (tertiary/aromatic N) is 6. The molecule has 0 atom stereocenters. The van der Waals surface area contributed by atoms with Crippen LogP contribution in [0.3, 0.4) is 0 Å². The molecule has 0 saturated heterocycles. The third-order valence-corrected chi connectivity index (χ3v) is 21.8. The number of pyridine rings is 6. The van der Waals surface area contributed by atoms with Crippen molar-refractivity contribution in [3.63, 3.8) is 0 Å². The van der Waals surface area contributed by atoms with Gasteiger partial charge in [-0.05, 0) is 234 Å². The first kappa shape index (κ1) is 63.0. The lowest BCUT2D eigenvalue weighted by atomic mass is 9.64. The Morgan fingerprint density at radius 3 is 0.731 bits per heavy atom. The summed E-state index contributed by atoms with van der Waals surface area (Å²) in [6, 6.07) is 93.0. The highest BCUT2D eigenvalue weighted by Gasteiger charge is 2.51. The van der Waals surface area contributed by atoms with E-state index in [2.05, 4.69) is 279 Å². The molecule has 6 heterocycles. The Labute approximate surface area is 604 Å². The fraction of sp³-hybridized carbons (Fsp3) is 0.116. The van der Waals surface area contributed by atoms with Crippen LogP contribution in [0.2, 0.25) is 0 Å². The van der Waals surface area contributed by atoms with Gasteiger partial charge in [-0.25, -0.2) is 0 Å². The van der Waals surface area contributed by atoms with E-state index in [1.165, 1.54) is 0 Å². The minimum Gasteiger partial charge on any atom is -0.481 e. The van der Waals surface area contributed by atoms with Crippen molar-refractivity contribution in [2.45, 2.75) is 49.4 Å². The van der Waals surface area contributed by atoms with Crippen LogP contribution in [0.25, 0.3) is 66.5 Å². The lowest BCUT2D eigenvalue weighted by Gasteiger charge is -2.37. The normalized spacial score (nSPS) is 13.5. The Kier molecular flexibility index (Phi) is 15.4. The molecule has 0 amide bonds. The fourth-order valence-corrected chi connectivity index (χ4v) is 17.1. The van der Waals surface area contributed by atoms with Gasteiger partial charge in [-0.2, -0.15) is 0 Å². The van der Waals surface area contributed by atoms with Gasteiger partial charge < -0.3 is 14.2 Å². The third kappa shape index (κ3) is 9.67. The smallest absolute Gasteiger partial charge is 0.149 e. The van der Waals surface area contributed by atoms with E-state index in [1.807, 2.05) is 76.2 Å². The van der Waals surface area contributed by atoms with E-state index in [0.717, 1.165) is 167 Å². The first-order chi connectivity index (χ1) is 51.3. The summed E-state index contributed by atoms with van der Waals surface area (Å²) in [4.78, 5) is 30.6. The molecular weight excluding hydrogens is 1270 g/mol. The Morgan fingerprint density at radius 2 is 0.490 bits per heavy atom. The van der Waals surface area contributed by atoms with Crippen molar-refractivity contribution < 1.29 is 14.2 Å². The number of benzene rings is 9. The molecule has 0 saturated carbocycles. The van der Waals surface area contributed by atoms with E-state index in [-0.39, 0.29) is 0 Å². The van der Waals surface area contributed by atoms with Crippen molar-refractivity contribution in [3.8, 4) is 86.9 Å². The molecule has 18 rings (SSSR count). The molecule has 494 valence electrons. The monoisotopic (exact) mass is 1340 g/mol. The molecular formula is C95H66N6O3. The molecule has 15 aromatic rings. The van der Waals surface area contributed by atoms with Crippen molar-refractivity contribution in [1.29, 1.82) is 0 Å². The van der Waals surface area contributed by atoms with Crippen molar-refractivity contribution >= 4 is 32.3 Å². The first-order valence-corrected chi connectivity index (χ1v) is 35.1. The second-order valence-corrected chi connectivity index (χ2v) is 26.8. The summed E-state index contributed by atoms with van der Waals surface area (Å²) >= 11 is 0. The maximum Gasteiger partial charge on any atom is 0.149 e. The third-order valence-electron chi connectivity index (χ3n) is 21.8. The zero-order valence-corrected chi connectivity index (χ0v) is 57.7. The lowest BCUT2D eigenvalue weighted by Crippen LogP contribution is -2.31. The van der Waals surface area contributed by atoms with Crippen LogP contribution in [0.4, 0.5) is 0 Å². The lowest BCUT2D eigenvalue weighted by molar-refractivity contribution is 0.370. The maximum atomic E-state index is 6.07. The van der Waals surface area contributed by atoms with Gasteiger partial charge in [0.15, 0.2) is 0 Å². The molecule has 0 aliphatic heterocycles. The number of ether oxygens (including phenoxy) is 3. The molecule has 9 aromatic carbocycles. The van der Waals surface area contributed by atoms with Crippen molar-refractivity contribution in [1.82, 2.24) is 29.9 Å². The van der Waals surface area contributed by atoms with Crippen LogP contribution in [0.15, 0.2) is 292 Å². The zero-order valence-electron chi connectivity index (χ0n) is 57.7. The van der Waals surface area contributed by atoms with Gasteiger partial charge in [-0.15, -0.1) is 17.8 Å². The van der Waals surface area contributed by atoms with Crippen LogP contribution in [0.5, 0.6) is 17.2 Å². The van der Waals surface area contributed by atoms with Crippen molar-refractivity contribution in [2.24, 2.45) is 0 Å². The predicted molar refractivity (Wildman–Crippen MR) is 413 cm³/mol. The van der Waals surface area contributed by atoms with Gasteiger partial charge in [-0.3, -0.25) is 29.9 Å². The molecule has 9 nitrogen and oxygen atoms in total. The summed E-state index contributed by atoms with van der Waals surface area (Å²) in [7, 11) is 0. The van der Waals surface area contributed by atoms with Gasteiger partial charge in [0.2, 0.25) is 0 Å². The number of hydrogen-bond acceptors (Lipinski definition) is 9. The topological polar surface area (TPSA) is 105 Å². The zero-order chi connectivity index (χ0) is 70.0. The van der Waals surface area contributed by atoms with Crippen LogP contribution >= 0.6 is 0 Å². The molecule has 104 heavy (non-hydrogen) atoms. The van der Waals surface area contributed by atoms with E-state index >= 15 is 0 Å². The number of rotatable bonds is 15. The largest absolute Gasteiger partial charge is 0.481 e. The summed E-state index contributed by atoms with van der Waals surface area (Å²) in [5.74, 6) is 20.3. The second-order valence-electron chi connectivity index (χ2n) is 26.8. The number of aromatic nitrogens is 6. The van der Waals surface area contributed by atoms with E-state index in [9.17, 15) is 0 Å². The Morgan fingerprint density at radius 1 is 0.269 bits per heavy atom. The van der Waals surface area contributed by atoms with E-state index in [4.69, 9.17) is 44.1 Å². The molecule has 0 bridgehead atoms. The summed E-state index contributed by atoms with van der Waals surface area (Å²) in [5.41, 5.74) is 18.4. The Balaban J connectivity index is 0.827. The fourth-order valence-electron chi connectivity index (χ4n) is 17.1. The van der Waals surface area contributed by atoms with Gasteiger partial charge in [0, 0.05) is 42.6 Å². The van der Waals surface area contributed by atoms with Crippen LogP contribution < -0.4 is 14.2 Å². The van der Waals surface area contributed by atoms with E-state index in [1.54, 1.807) is 0 Å². The average Bonchev–Trinajstić information content (AvgIpc) is 1.53. The molecule has 0 unspecified atom stereocenters. The van der Waals surface area contributed by atoms with Gasteiger partial charge in [0.05, 0.1) is 50.4 Å². The average molecular weight is 1340 g/mol. The number of fused-ring (bicyclic) bond motifs is 12. The molecule has 0 fully saturated rings. The van der Waals surface area contributed by atoms with Crippen LogP contribution in [-0.4, -0.2) is 49.7 Å². The minimum atomic E-state index is -0.797. The van der Waals surface area contributed by atoms with Crippen molar-refractivity contribution in [2.75, 3.05) is 19.8 Å². The first-order valence-electron chi connectivity index (χ1n) is 35.1. The molecule has 6 aromatic heterocycles. The van der Waals surface area contributed by atoms with Gasteiger partial charge in [-0.1, -0.05) is 182 Å². The molecule has 0 radical (unpaired) electrons. The summed E-state index contributed by atoms with van der Waals surface area (Å²) < 4.78 is 18.2. The van der Waals surface area contributed by atoms with Crippen LogP contribution in [0.1, 0.15) is 111 Å². The number of hydrogen-bond donors (Lipinski definition) is 0. The standard InChI is InChI=1S/C95H66N6O3/c1-5-8-53-102-77-44-26-62-56-74(29-23-65(62)59-77)93(80-17-11-47-96-86(80)87-81(93)18-12-48-97-87)71-38-32-68(33-39-71)92(4,69-34-40-72(41-35-69)94(82-19-13-49-98-88(82)89-83(94)20-14-50-99-89)75-30-24-66-60-78(103-54-9-6-2)45-27-63(66)57-75)70-36-42-73(43-37-70)95(84-21-15-51-100-90(84)91-85(95)22-16-52-101-91)76-31-25-67-61-79(104-55-10-7-3)46-28-64(67)58-76/h11-52,56-61H,53-55H2,1-4H3. The van der Waals surface area contributed by atoms with Gasteiger partial charge in [0.25, 0.3) is 0 Å². The van der Waals surface area contributed by atoms with Gasteiger partial charge in [0.1, 0.15) is 37.1 Å². The summed E-state index contributed by atoms with van der Waals surface area (Å²) in [6.07, 6.45) is 11.3. The highest BCUT2D eigenvalue weighted by molar-refractivity contribution is 5.92. The highest BCUT2D eigenvalue weighted by atomic mass is 16.5. The molecule has 3 aliphatic carbocycles. The summed E-state index contributed by atoms with van der Waals surface area (Å²) in [5, 5.41) is 6.46. The van der Waals surface area contributed by atoms with E-state index in [0.29, 0.717) is 19.8 Å². The Bertz CT molecular complexity index is 5430. The molecule has 0 spiro atoms. The molecule has 0 N–H and O–H groups in total. The van der Waals surface area contributed by atoms with Crippen molar-refractivity contribution in [3.05, 3.63) is 375 Å². The maximum absolute atomic E-state index is 6.07. The minimum absolute atomic E-state index is 0.324. The predicted octanol–water partition coefficient (Wildman–Crippen LogP) is 19.2. The highest BCUT2D eigenvalue weighted by Crippen LogP contribution is 2.59. The van der Waals surface area contributed by atoms with E-state index < -0.39 is 21.7 Å². The molecule has 9 heteroatoms. The van der Waals surface area contributed by atoms with Crippen LogP contribution in [0, 0.1) is 35.5 Å². The quantitative estimate of drug-likeness (QED) is 0.0733.